The van der Waals surface area contributed by atoms with Gasteiger partial charge in [0.15, 0.2) is 5.78 Å². The number of rotatable bonds is 3. The highest BCUT2D eigenvalue weighted by Gasteiger charge is 2.31. The second-order valence-corrected chi connectivity index (χ2v) is 6.73. The van der Waals surface area contributed by atoms with Crippen LogP contribution in [0.1, 0.15) is 19.4 Å². The van der Waals surface area contributed by atoms with Crippen LogP contribution >= 0.6 is 0 Å². The Bertz CT molecular complexity index is 602. The first-order valence-electron chi connectivity index (χ1n) is 6.42. The SMILES string of the molecule is CC1=CC(O)(C[S@@](=O)c2ccc(C)cc2)C=C(C)C1=O. The van der Waals surface area contributed by atoms with Crippen molar-refractivity contribution in [3.05, 3.63) is 53.1 Å². The number of benzene rings is 1. The maximum atomic E-state index is 12.3. The normalized spacial score (nSPS) is 19.3. The van der Waals surface area contributed by atoms with Crippen molar-refractivity contribution in [2.24, 2.45) is 0 Å². The summed E-state index contributed by atoms with van der Waals surface area (Å²) in [7, 11) is -1.32. The van der Waals surface area contributed by atoms with Crippen molar-refractivity contribution in [3.63, 3.8) is 0 Å². The van der Waals surface area contributed by atoms with E-state index in [9.17, 15) is 14.1 Å². The Hall–Kier alpha value is -1.52. The minimum absolute atomic E-state index is 0.0536. The molecule has 0 saturated heterocycles. The van der Waals surface area contributed by atoms with Gasteiger partial charge in [-0.05, 0) is 56.2 Å². The van der Waals surface area contributed by atoms with Gasteiger partial charge in [-0.15, -0.1) is 0 Å². The van der Waals surface area contributed by atoms with Crippen LogP contribution in [0, 0.1) is 6.92 Å². The lowest BCUT2D eigenvalue weighted by Crippen LogP contribution is -2.35. The largest absolute Gasteiger partial charge is 0.381 e. The van der Waals surface area contributed by atoms with Crippen molar-refractivity contribution < 1.29 is 14.1 Å². The van der Waals surface area contributed by atoms with E-state index in [0.29, 0.717) is 16.0 Å². The third kappa shape index (κ3) is 3.14. The molecule has 1 aromatic rings. The molecule has 1 aliphatic rings. The molecule has 106 valence electrons. The summed E-state index contributed by atoms with van der Waals surface area (Å²) in [6.45, 7) is 5.29. The molecule has 1 aromatic carbocycles. The molecule has 3 nitrogen and oxygen atoms in total. The van der Waals surface area contributed by atoms with Crippen LogP contribution in [-0.2, 0) is 15.6 Å². The predicted molar refractivity (Wildman–Crippen MR) is 79.9 cm³/mol. The van der Waals surface area contributed by atoms with Gasteiger partial charge in [-0.25, -0.2) is 0 Å². The van der Waals surface area contributed by atoms with Crippen molar-refractivity contribution in [3.8, 4) is 0 Å². The zero-order valence-corrected chi connectivity index (χ0v) is 12.7. The molecule has 0 saturated carbocycles. The van der Waals surface area contributed by atoms with Crippen LogP contribution in [0.25, 0.3) is 0 Å². The molecule has 0 aromatic heterocycles. The average molecular weight is 290 g/mol. The molecule has 0 unspecified atom stereocenters. The number of aliphatic hydroxyl groups is 1. The Morgan fingerprint density at radius 2 is 1.55 bits per heavy atom. The molecule has 0 aliphatic heterocycles. The van der Waals surface area contributed by atoms with E-state index < -0.39 is 16.4 Å². The van der Waals surface area contributed by atoms with Crippen molar-refractivity contribution in [2.75, 3.05) is 5.75 Å². The van der Waals surface area contributed by atoms with Gasteiger partial charge in [-0.3, -0.25) is 9.00 Å². The van der Waals surface area contributed by atoms with Gasteiger partial charge in [0.1, 0.15) is 5.60 Å². The molecular formula is C16H18O3S. The Labute approximate surface area is 121 Å². The smallest absolute Gasteiger partial charge is 0.184 e. The highest BCUT2D eigenvalue weighted by molar-refractivity contribution is 7.85. The molecule has 4 heteroatoms. The molecule has 1 N–H and O–H groups in total. The summed E-state index contributed by atoms with van der Waals surface area (Å²) >= 11 is 0. The van der Waals surface area contributed by atoms with Crippen molar-refractivity contribution in [2.45, 2.75) is 31.3 Å². The van der Waals surface area contributed by atoms with E-state index in [2.05, 4.69) is 0 Å². The Kier molecular flexibility index (Phi) is 4.06. The lowest BCUT2D eigenvalue weighted by atomic mass is 9.90. The van der Waals surface area contributed by atoms with E-state index in [1.807, 2.05) is 19.1 Å². The topological polar surface area (TPSA) is 54.4 Å². The fourth-order valence-electron chi connectivity index (χ4n) is 2.30. The molecule has 1 atom stereocenters. The molecule has 0 bridgehead atoms. The predicted octanol–water partition coefficient (Wildman–Crippen LogP) is 2.31. The molecule has 0 amide bonds. The number of carbonyl (C=O) groups is 1. The first-order valence-corrected chi connectivity index (χ1v) is 7.74. The molecular weight excluding hydrogens is 272 g/mol. The van der Waals surface area contributed by atoms with Crippen LogP contribution in [0.3, 0.4) is 0 Å². The highest BCUT2D eigenvalue weighted by atomic mass is 32.2. The van der Waals surface area contributed by atoms with Gasteiger partial charge in [0, 0.05) is 4.90 Å². The van der Waals surface area contributed by atoms with Crippen LogP contribution in [0.4, 0.5) is 0 Å². The summed E-state index contributed by atoms with van der Waals surface area (Å²) in [6.07, 6.45) is 2.99. The van der Waals surface area contributed by atoms with Crippen LogP contribution in [0.5, 0.6) is 0 Å². The van der Waals surface area contributed by atoms with Crippen LogP contribution in [0.15, 0.2) is 52.5 Å². The molecule has 1 aliphatic carbocycles. The van der Waals surface area contributed by atoms with Crippen molar-refractivity contribution in [1.82, 2.24) is 0 Å². The maximum absolute atomic E-state index is 12.3. The average Bonchev–Trinajstić information content (AvgIpc) is 2.36. The van der Waals surface area contributed by atoms with E-state index in [-0.39, 0.29) is 11.5 Å². The summed E-state index contributed by atoms with van der Waals surface area (Å²) in [5.41, 5.74) is 0.763. The summed E-state index contributed by atoms with van der Waals surface area (Å²) in [5.74, 6) is -0.0197. The number of ketones is 1. The molecule has 20 heavy (non-hydrogen) atoms. The minimum atomic E-state index is -1.32. The van der Waals surface area contributed by atoms with Gasteiger partial charge >= 0.3 is 0 Å². The van der Waals surface area contributed by atoms with Crippen LogP contribution in [-0.4, -0.2) is 26.5 Å². The van der Waals surface area contributed by atoms with Gasteiger partial charge in [-0.1, -0.05) is 17.7 Å². The van der Waals surface area contributed by atoms with E-state index in [1.165, 1.54) is 12.2 Å². The summed E-state index contributed by atoms with van der Waals surface area (Å²) < 4.78 is 12.3. The highest BCUT2D eigenvalue weighted by Crippen LogP contribution is 2.25. The molecule has 0 fully saturated rings. The number of carbonyl (C=O) groups excluding carboxylic acids is 1. The van der Waals surface area contributed by atoms with Crippen molar-refractivity contribution in [1.29, 1.82) is 0 Å². The summed E-state index contributed by atoms with van der Waals surface area (Å²) in [4.78, 5) is 12.4. The Balaban J connectivity index is 2.23. The van der Waals surface area contributed by atoms with Gasteiger partial charge in [0.2, 0.25) is 0 Å². The molecule has 0 radical (unpaired) electrons. The Morgan fingerprint density at radius 3 is 2.05 bits per heavy atom. The van der Waals surface area contributed by atoms with E-state index in [4.69, 9.17) is 0 Å². The van der Waals surface area contributed by atoms with E-state index >= 15 is 0 Å². The minimum Gasteiger partial charge on any atom is -0.381 e. The third-order valence-corrected chi connectivity index (χ3v) is 4.82. The van der Waals surface area contributed by atoms with Crippen molar-refractivity contribution >= 4 is 16.6 Å². The molecule has 2 rings (SSSR count). The zero-order valence-electron chi connectivity index (χ0n) is 11.8. The third-order valence-electron chi connectivity index (χ3n) is 3.30. The number of hydrogen-bond donors (Lipinski definition) is 1. The standard InChI is InChI=1S/C16H18O3S/c1-11-4-6-14(7-5-11)20(19)10-16(18)8-12(2)15(17)13(3)9-16/h4-9,18H,10H2,1-3H3/t20-/m1/s1. The number of Topliss-reactive ketones (excluding diaryl/α,β-unsaturated/α-hetero) is 1. The van der Waals surface area contributed by atoms with Gasteiger partial charge in [-0.2, -0.15) is 0 Å². The fourth-order valence-corrected chi connectivity index (χ4v) is 3.49. The monoisotopic (exact) mass is 290 g/mol. The number of allylic oxidation sites excluding steroid dienone is 2. The number of hydrogen-bond acceptors (Lipinski definition) is 3. The van der Waals surface area contributed by atoms with Crippen LogP contribution in [0.2, 0.25) is 0 Å². The Morgan fingerprint density at radius 1 is 1.05 bits per heavy atom. The first kappa shape index (κ1) is 14.9. The van der Waals surface area contributed by atoms with Crippen LogP contribution < -0.4 is 0 Å². The quantitative estimate of drug-likeness (QED) is 0.929. The number of aryl methyl sites for hydroxylation is 1. The lowest BCUT2D eigenvalue weighted by molar-refractivity contribution is -0.112. The molecule has 0 spiro atoms. The second kappa shape index (κ2) is 5.46. The van der Waals surface area contributed by atoms with E-state index in [0.717, 1.165) is 5.56 Å². The van der Waals surface area contributed by atoms with E-state index in [1.54, 1.807) is 26.0 Å². The zero-order chi connectivity index (χ0) is 14.9. The second-order valence-electron chi connectivity index (χ2n) is 5.28. The van der Waals surface area contributed by atoms with Gasteiger partial charge in [0.25, 0.3) is 0 Å². The van der Waals surface area contributed by atoms with Gasteiger partial charge in [0.05, 0.1) is 16.6 Å². The summed E-state index contributed by atoms with van der Waals surface area (Å²) in [5, 5.41) is 10.5. The molecule has 0 heterocycles. The lowest BCUT2D eigenvalue weighted by Gasteiger charge is -2.25. The maximum Gasteiger partial charge on any atom is 0.184 e. The summed E-state index contributed by atoms with van der Waals surface area (Å²) in [6, 6.07) is 7.39. The van der Waals surface area contributed by atoms with Gasteiger partial charge < -0.3 is 5.11 Å². The fraction of sp³-hybridized carbons (Fsp3) is 0.312. The first-order chi connectivity index (χ1) is 9.31.